The third-order valence-corrected chi connectivity index (χ3v) is 3.36. The van der Waals surface area contributed by atoms with Gasteiger partial charge in [-0.15, -0.1) is 6.58 Å². The maximum atomic E-state index is 9.25. The Morgan fingerprint density at radius 1 is 1.06 bits per heavy atom. The molecule has 1 nitrogen and oxygen atoms in total. The summed E-state index contributed by atoms with van der Waals surface area (Å²) in [5.74, 6) is 0.288. The predicted molar refractivity (Wildman–Crippen MR) is 75.1 cm³/mol. The number of allylic oxidation sites excluding steroid dienone is 1. The van der Waals surface area contributed by atoms with E-state index in [1.54, 1.807) is 12.1 Å². The Morgan fingerprint density at radius 3 is 2.29 bits per heavy atom. The fourth-order valence-electron chi connectivity index (χ4n) is 1.70. The molecule has 0 aromatic heterocycles. The number of hydrogen-bond donors (Lipinski definition) is 1. The maximum absolute atomic E-state index is 9.25. The monoisotopic (exact) mass is 288 g/mol. The summed E-state index contributed by atoms with van der Waals surface area (Å²) in [4.78, 5) is 0. The van der Waals surface area contributed by atoms with E-state index >= 15 is 0 Å². The molecule has 0 fully saturated rings. The first-order valence-corrected chi connectivity index (χ1v) is 6.19. The summed E-state index contributed by atoms with van der Waals surface area (Å²) in [7, 11) is 0. The third kappa shape index (κ3) is 2.77. The van der Waals surface area contributed by atoms with Crippen LogP contribution in [-0.4, -0.2) is 5.11 Å². The van der Waals surface area contributed by atoms with E-state index in [9.17, 15) is 5.11 Å². The van der Waals surface area contributed by atoms with Crippen molar-refractivity contribution < 1.29 is 5.11 Å². The van der Waals surface area contributed by atoms with Crippen LogP contribution in [0.1, 0.15) is 5.56 Å². The summed E-state index contributed by atoms with van der Waals surface area (Å²) >= 11 is 3.56. The van der Waals surface area contributed by atoms with E-state index in [2.05, 4.69) is 40.7 Å². The highest BCUT2D eigenvalue weighted by molar-refractivity contribution is 9.10. The Morgan fingerprint density at radius 2 is 1.71 bits per heavy atom. The van der Waals surface area contributed by atoms with Crippen LogP contribution in [0, 0.1) is 0 Å². The zero-order chi connectivity index (χ0) is 12.3. The van der Waals surface area contributed by atoms with Crippen LogP contribution in [0.2, 0.25) is 0 Å². The molecule has 86 valence electrons. The molecule has 0 aliphatic carbocycles. The summed E-state index contributed by atoms with van der Waals surface area (Å²) in [6.45, 7) is 3.74. The van der Waals surface area contributed by atoms with E-state index in [-0.39, 0.29) is 5.75 Å². The molecule has 0 saturated carbocycles. The Labute approximate surface area is 110 Å². The van der Waals surface area contributed by atoms with Crippen LogP contribution in [0.15, 0.2) is 59.6 Å². The average molecular weight is 289 g/mol. The standard InChI is InChI=1S/C15H13BrO/c1-2-3-12-4-5-13(10-15(12)16)11-6-8-14(17)9-7-11/h2,4-10,17H,1,3H2. The number of phenolic OH excluding ortho intramolecular Hbond substituents is 1. The van der Waals surface area contributed by atoms with Crippen LogP contribution in [0.3, 0.4) is 0 Å². The van der Waals surface area contributed by atoms with Crippen LogP contribution in [0.25, 0.3) is 11.1 Å². The molecule has 1 N–H and O–H groups in total. The minimum atomic E-state index is 0.288. The van der Waals surface area contributed by atoms with Gasteiger partial charge in [-0.25, -0.2) is 0 Å². The minimum Gasteiger partial charge on any atom is -0.508 e. The van der Waals surface area contributed by atoms with Gasteiger partial charge in [-0.1, -0.05) is 46.3 Å². The van der Waals surface area contributed by atoms with Gasteiger partial charge in [0.15, 0.2) is 0 Å². The summed E-state index contributed by atoms with van der Waals surface area (Å²) in [6, 6.07) is 13.5. The van der Waals surface area contributed by atoms with Crippen molar-refractivity contribution in [1.29, 1.82) is 0 Å². The number of rotatable bonds is 3. The molecule has 0 atom stereocenters. The molecule has 0 heterocycles. The van der Waals surface area contributed by atoms with Gasteiger partial charge in [-0.3, -0.25) is 0 Å². The lowest BCUT2D eigenvalue weighted by Gasteiger charge is -2.06. The number of halogens is 1. The molecule has 0 bridgehead atoms. The third-order valence-electron chi connectivity index (χ3n) is 2.62. The molecule has 0 unspecified atom stereocenters. The van der Waals surface area contributed by atoms with E-state index < -0.39 is 0 Å². The van der Waals surface area contributed by atoms with Crippen molar-refractivity contribution in [2.24, 2.45) is 0 Å². The number of hydrogen-bond acceptors (Lipinski definition) is 1. The maximum Gasteiger partial charge on any atom is 0.115 e. The Balaban J connectivity index is 2.37. The van der Waals surface area contributed by atoms with Gasteiger partial charge < -0.3 is 5.11 Å². The van der Waals surface area contributed by atoms with E-state index in [1.807, 2.05) is 18.2 Å². The second kappa shape index (κ2) is 5.19. The van der Waals surface area contributed by atoms with Gasteiger partial charge in [-0.2, -0.15) is 0 Å². The first kappa shape index (κ1) is 11.9. The first-order chi connectivity index (χ1) is 8.20. The lowest BCUT2D eigenvalue weighted by Crippen LogP contribution is -1.85. The Bertz CT molecular complexity index is 529. The van der Waals surface area contributed by atoms with E-state index in [1.165, 1.54) is 5.56 Å². The Hall–Kier alpha value is -1.54. The van der Waals surface area contributed by atoms with Crippen LogP contribution < -0.4 is 0 Å². The Kier molecular flexibility index (Phi) is 3.64. The average Bonchev–Trinajstić information content (AvgIpc) is 2.33. The van der Waals surface area contributed by atoms with Crippen LogP contribution >= 0.6 is 15.9 Å². The second-order valence-electron chi connectivity index (χ2n) is 3.85. The highest BCUT2D eigenvalue weighted by Gasteiger charge is 2.02. The van der Waals surface area contributed by atoms with Crippen molar-refractivity contribution in [2.75, 3.05) is 0 Å². The number of benzene rings is 2. The van der Waals surface area contributed by atoms with Crippen LogP contribution in [-0.2, 0) is 6.42 Å². The molecule has 0 aliphatic heterocycles. The van der Waals surface area contributed by atoms with Gasteiger partial charge in [-0.05, 0) is 41.3 Å². The molecule has 2 aromatic rings. The topological polar surface area (TPSA) is 20.2 Å². The largest absolute Gasteiger partial charge is 0.508 e. The molecule has 2 aromatic carbocycles. The van der Waals surface area contributed by atoms with E-state index in [0.29, 0.717) is 0 Å². The lowest BCUT2D eigenvalue weighted by atomic mass is 10.0. The van der Waals surface area contributed by atoms with E-state index in [0.717, 1.165) is 22.0 Å². The second-order valence-corrected chi connectivity index (χ2v) is 4.70. The zero-order valence-electron chi connectivity index (χ0n) is 9.36. The van der Waals surface area contributed by atoms with Crippen molar-refractivity contribution >= 4 is 15.9 Å². The van der Waals surface area contributed by atoms with Crippen LogP contribution in [0.4, 0.5) is 0 Å². The van der Waals surface area contributed by atoms with Gasteiger partial charge in [0.1, 0.15) is 5.75 Å². The zero-order valence-corrected chi connectivity index (χ0v) is 10.9. The number of aromatic hydroxyl groups is 1. The summed E-state index contributed by atoms with van der Waals surface area (Å²) < 4.78 is 1.09. The highest BCUT2D eigenvalue weighted by atomic mass is 79.9. The summed E-state index contributed by atoms with van der Waals surface area (Å²) in [5, 5.41) is 9.25. The van der Waals surface area contributed by atoms with Gasteiger partial charge in [0.25, 0.3) is 0 Å². The first-order valence-electron chi connectivity index (χ1n) is 5.39. The molecule has 2 heteroatoms. The highest BCUT2D eigenvalue weighted by Crippen LogP contribution is 2.27. The molecule has 0 aliphatic rings. The molecule has 2 rings (SSSR count). The normalized spacial score (nSPS) is 10.2. The smallest absolute Gasteiger partial charge is 0.115 e. The van der Waals surface area contributed by atoms with Gasteiger partial charge >= 0.3 is 0 Å². The van der Waals surface area contributed by atoms with Gasteiger partial charge in [0.05, 0.1) is 0 Å². The number of phenols is 1. The summed E-state index contributed by atoms with van der Waals surface area (Å²) in [5.41, 5.74) is 3.45. The molecule has 0 amide bonds. The quantitative estimate of drug-likeness (QED) is 0.822. The van der Waals surface area contributed by atoms with Crippen molar-refractivity contribution in [2.45, 2.75) is 6.42 Å². The molecule has 17 heavy (non-hydrogen) atoms. The van der Waals surface area contributed by atoms with Gasteiger partial charge in [0.2, 0.25) is 0 Å². The van der Waals surface area contributed by atoms with Crippen molar-refractivity contribution in [1.82, 2.24) is 0 Å². The van der Waals surface area contributed by atoms with Crippen molar-refractivity contribution in [3.05, 3.63) is 65.2 Å². The lowest BCUT2D eigenvalue weighted by molar-refractivity contribution is 0.475. The SMILES string of the molecule is C=CCc1ccc(-c2ccc(O)cc2)cc1Br. The fraction of sp³-hybridized carbons (Fsp3) is 0.0667. The fourth-order valence-corrected chi connectivity index (χ4v) is 2.24. The van der Waals surface area contributed by atoms with Crippen molar-refractivity contribution in [3.8, 4) is 16.9 Å². The molecule has 0 radical (unpaired) electrons. The molecular formula is C15H13BrO. The van der Waals surface area contributed by atoms with E-state index in [4.69, 9.17) is 0 Å². The summed E-state index contributed by atoms with van der Waals surface area (Å²) in [6.07, 6.45) is 2.75. The molecule has 0 saturated heterocycles. The van der Waals surface area contributed by atoms with Crippen LogP contribution in [0.5, 0.6) is 5.75 Å². The molecule has 0 spiro atoms. The van der Waals surface area contributed by atoms with Crippen molar-refractivity contribution in [3.63, 3.8) is 0 Å². The predicted octanol–water partition coefficient (Wildman–Crippen LogP) is 4.55. The van der Waals surface area contributed by atoms with Gasteiger partial charge in [0, 0.05) is 4.47 Å². The minimum absolute atomic E-state index is 0.288. The molecular weight excluding hydrogens is 276 g/mol.